The number of carbonyl (C=O) groups is 1. The molecule has 2 aromatic rings. The van der Waals surface area contributed by atoms with Crippen LogP contribution in [-0.4, -0.2) is 36.0 Å². The van der Waals surface area contributed by atoms with Crippen LogP contribution in [0.4, 0.5) is 0 Å². The largest absolute Gasteiger partial charge is 0.493 e. The fourth-order valence-corrected chi connectivity index (χ4v) is 2.63. The van der Waals surface area contributed by atoms with Crippen LogP contribution < -0.4 is 9.47 Å². The Morgan fingerprint density at radius 2 is 2.24 bits per heavy atom. The Morgan fingerprint density at radius 1 is 1.38 bits per heavy atom. The summed E-state index contributed by atoms with van der Waals surface area (Å²) in [5.41, 5.74) is 3.28. The summed E-state index contributed by atoms with van der Waals surface area (Å²) < 4.78 is 11.0. The normalized spacial score (nSPS) is 13.7. The maximum absolute atomic E-state index is 12.2. The van der Waals surface area contributed by atoms with Crippen molar-refractivity contribution in [2.24, 2.45) is 0 Å². The molecule has 1 saturated heterocycles. The summed E-state index contributed by atoms with van der Waals surface area (Å²) in [7, 11) is 1.57. The van der Waals surface area contributed by atoms with Crippen molar-refractivity contribution < 1.29 is 14.3 Å². The number of hydrogen-bond acceptors (Lipinski definition) is 5. The number of methoxy groups -OCH3 is 1. The number of ether oxygens (including phenoxy) is 2. The van der Waals surface area contributed by atoms with Gasteiger partial charge in [-0.25, -0.2) is 4.98 Å². The lowest BCUT2D eigenvalue weighted by Gasteiger charge is -2.31. The van der Waals surface area contributed by atoms with Crippen LogP contribution in [-0.2, 0) is 6.61 Å². The number of nitrogens with zero attached hydrogens (tertiary/aromatic N) is 2. The van der Waals surface area contributed by atoms with E-state index in [0.29, 0.717) is 23.7 Å². The number of rotatable bonds is 5. The number of amides is 1. The SMILES string of the molecule is COc1cc(C(=O)N2CCC2)ccc1OCc1cscn1. The van der Waals surface area contributed by atoms with Crippen molar-refractivity contribution in [1.29, 1.82) is 0 Å². The molecule has 0 spiro atoms. The summed E-state index contributed by atoms with van der Waals surface area (Å²) in [6.07, 6.45) is 1.08. The third-order valence-corrected chi connectivity index (χ3v) is 4.05. The van der Waals surface area contributed by atoms with Crippen LogP contribution >= 0.6 is 11.3 Å². The van der Waals surface area contributed by atoms with Crippen LogP contribution in [0.15, 0.2) is 29.1 Å². The second-order valence-corrected chi connectivity index (χ2v) is 5.50. The van der Waals surface area contributed by atoms with Crippen molar-refractivity contribution in [2.75, 3.05) is 20.2 Å². The van der Waals surface area contributed by atoms with Gasteiger partial charge in [0.1, 0.15) is 6.61 Å². The van der Waals surface area contributed by atoms with E-state index >= 15 is 0 Å². The first-order valence-electron chi connectivity index (χ1n) is 6.75. The summed E-state index contributed by atoms with van der Waals surface area (Å²) in [5.74, 6) is 1.23. The molecule has 1 amide bonds. The number of likely N-dealkylation sites (tertiary alicyclic amines) is 1. The second kappa shape index (κ2) is 6.13. The number of hydrogen-bond donors (Lipinski definition) is 0. The van der Waals surface area contributed by atoms with Crippen molar-refractivity contribution in [1.82, 2.24) is 9.88 Å². The lowest BCUT2D eigenvalue weighted by molar-refractivity contribution is 0.0651. The van der Waals surface area contributed by atoms with E-state index < -0.39 is 0 Å². The molecule has 1 aliphatic heterocycles. The molecule has 6 heteroatoms. The van der Waals surface area contributed by atoms with E-state index in [1.807, 2.05) is 10.3 Å². The first kappa shape index (κ1) is 13.9. The van der Waals surface area contributed by atoms with E-state index in [4.69, 9.17) is 9.47 Å². The maximum Gasteiger partial charge on any atom is 0.253 e. The predicted octanol–water partition coefficient (Wildman–Crippen LogP) is 2.58. The Bertz CT molecular complexity index is 624. The highest BCUT2D eigenvalue weighted by molar-refractivity contribution is 7.07. The molecule has 110 valence electrons. The Morgan fingerprint density at radius 3 is 2.86 bits per heavy atom. The van der Waals surface area contributed by atoms with Crippen molar-refractivity contribution >= 4 is 17.2 Å². The van der Waals surface area contributed by atoms with E-state index in [2.05, 4.69) is 4.98 Å². The molecule has 1 aromatic carbocycles. The number of thiazole rings is 1. The van der Waals surface area contributed by atoms with Gasteiger partial charge in [0, 0.05) is 24.0 Å². The predicted molar refractivity (Wildman–Crippen MR) is 80.0 cm³/mol. The number of aromatic nitrogens is 1. The average molecular weight is 304 g/mol. The highest BCUT2D eigenvalue weighted by atomic mass is 32.1. The minimum absolute atomic E-state index is 0.0469. The standard InChI is InChI=1S/C15H16N2O3S/c1-19-14-7-11(15(18)17-5-2-6-17)3-4-13(14)20-8-12-9-21-10-16-12/h3-4,7,9-10H,2,5-6,8H2,1H3. The van der Waals surface area contributed by atoms with Gasteiger partial charge in [0.15, 0.2) is 11.5 Å². The molecule has 2 heterocycles. The van der Waals surface area contributed by atoms with E-state index in [0.717, 1.165) is 25.2 Å². The molecule has 0 aliphatic carbocycles. The van der Waals surface area contributed by atoms with Crippen LogP contribution in [0.25, 0.3) is 0 Å². The Kier molecular flexibility index (Phi) is 4.06. The molecule has 1 fully saturated rings. The molecule has 0 N–H and O–H groups in total. The molecule has 1 aromatic heterocycles. The monoisotopic (exact) mass is 304 g/mol. The summed E-state index contributed by atoms with van der Waals surface area (Å²) in [6, 6.07) is 5.29. The fraction of sp³-hybridized carbons (Fsp3) is 0.333. The van der Waals surface area contributed by atoms with Gasteiger partial charge in [-0.15, -0.1) is 11.3 Å². The van der Waals surface area contributed by atoms with Gasteiger partial charge in [-0.2, -0.15) is 0 Å². The van der Waals surface area contributed by atoms with E-state index in [1.165, 1.54) is 11.3 Å². The van der Waals surface area contributed by atoms with Gasteiger partial charge < -0.3 is 14.4 Å². The topological polar surface area (TPSA) is 51.7 Å². The zero-order valence-electron chi connectivity index (χ0n) is 11.7. The van der Waals surface area contributed by atoms with Crippen LogP contribution in [0.3, 0.4) is 0 Å². The summed E-state index contributed by atoms with van der Waals surface area (Å²) in [5, 5.41) is 1.94. The quantitative estimate of drug-likeness (QED) is 0.852. The van der Waals surface area contributed by atoms with Crippen molar-refractivity contribution in [2.45, 2.75) is 13.0 Å². The Labute approximate surface area is 127 Å². The van der Waals surface area contributed by atoms with Crippen molar-refractivity contribution in [3.05, 3.63) is 40.3 Å². The van der Waals surface area contributed by atoms with Gasteiger partial charge in [-0.05, 0) is 24.6 Å². The van der Waals surface area contributed by atoms with Crippen LogP contribution in [0.5, 0.6) is 11.5 Å². The zero-order chi connectivity index (χ0) is 14.7. The molecule has 0 unspecified atom stereocenters. The first-order valence-corrected chi connectivity index (χ1v) is 7.69. The molecule has 0 atom stereocenters. The molecule has 21 heavy (non-hydrogen) atoms. The van der Waals surface area contributed by atoms with E-state index in [-0.39, 0.29) is 5.91 Å². The zero-order valence-corrected chi connectivity index (χ0v) is 12.6. The minimum Gasteiger partial charge on any atom is -0.493 e. The minimum atomic E-state index is 0.0469. The highest BCUT2D eigenvalue weighted by Gasteiger charge is 2.22. The first-order chi connectivity index (χ1) is 10.3. The Balaban J connectivity index is 1.73. The molecule has 0 saturated carbocycles. The Hall–Kier alpha value is -2.08. The fourth-order valence-electron chi connectivity index (χ4n) is 2.08. The molecule has 1 aliphatic rings. The second-order valence-electron chi connectivity index (χ2n) is 4.78. The molecule has 0 bridgehead atoms. The van der Waals surface area contributed by atoms with E-state index in [1.54, 1.807) is 30.8 Å². The molecule has 5 nitrogen and oxygen atoms in total. The third-order valence-electron chi connectivity index (χ3n) is 3.41. The van der Waals surface area contributed by atoms with Gasteiger partial charge in [0.05, 0.1) is 18.3 Å². The molecule has 3 rings (SSSR count). The van der Waals surface area contributed by atoms with Crippen LogP contribution in [0, 0.1) is 0 Å². The van der Waals surface area contributed by atoms with Gasteiger partial charge in [-0.3, -0.25) is 4.79 Å². The third kappa shape index (κ3) is 3.00. The van der Waals surface area contributed by atoms with Crippen molar-refractivity contribution in [3.63, 3.8) is 0 Å². The average Bonchev–Trinajstić information content (AvgIpc) is 2.96. The highest BCUT2D eigenvalue weighted by Crippen LogP contribution is 2.29. The van der Waals surface area contributed by atoms with Crippen molar-refractivity contribution in [3.8, 4) is 11.5 Å². The summed E-state index contributed by atoms with van der Waals surface area (Å²) in [6.45, 7) is 2.06. The van der Waals surface area contributed by atoms with Gasteiger partial charge in [0.2, 0.25) is 0 Å². The van der Waals surface area contributed by atoms with E-state index in [9.17, 15) is 4.79 Å². The van der Waals surface area contributed by atoms with Gasteiger partial charge >= 0.3 is 0 Å². The lowest BCUT2D eigenvalue weighted by Crippen LogP contribution is -2.41. The molecule has 0 radical (unpaired) electrons. The summed E-state index contributed by atoms with van der Waals surface area (Å²) in [4.78, 5) is 18.2. The number of benzene rings is 1. The van der Waals surface area contributed by atoms with Crippen LogP contribution in [0.2, 0.25) is 0 Å². The smallest absolute Gasteiger partial charge is 0.253 e. The maximum atomic E-state index is 12.2. The van der Waals surface area contributed by atoms with Gasteiger partial charge in [0.25, 0.3) is 5.91 Å². The molecular weight excluding hydrogens is 288 g/mol. The molecular formula is C15H16N2O3S. The lowest BCUT2D eigenvalue weighted by atomic mass is 10.1. The van der Waals surface area contributed by atoms with Crippen LogP contribution in [0.1, 0.15) is 22.5 Å². The summed E-state index contributed by atoms with van der Waals surface area (Å²) >= 11 is 1.53. The number of carbonyl (C=O) groups excluding carboxylic acids is 1. The van der Waals surface area contributed by atoms with Gasteiger partial charge in [-0.1, -0.05) is 0 Å².